The lowest BCUT2D eigenvalue weighted by atomic mass is 9.96. The van der Waals surface area contributed by atoms with Crippen molar-refractivity contribution in [3.63, 3.8) is 0 Å². The number of thiocarbonyl (C=S) groups is 1. The average molecular weight is 479 g/mol. The molecule has 0 unspecified atom stereocenters. The van der Waals surface area contributed by atoms with Gasteiger partial charge in [0.15, 0.2) is 5.11 Å². The first kappa shape index (κ1) is 23.9. The van der Waals surface area contributed by atoms with E-state index in [-0.39, 0.29) is 18.1 Å². The van der Waals surface area contributed by atoms with Gasteiger partial charge in [-0.05, 0) is 80.5 Å². The van der Waals surface area contributed by atoms with Crippen LogP contribution in [-0.2, 0) is 9.47 Å². The third-order valence-corrected chi connectivity index (χ3v) is 6.63. The number of benzene rings is 1. The van der Waals surface area contributed by atoms with E-state index >= 15 is 0 Å². The SMILES string of the molecule is COCCCN1C(=S)N[C@@H](c2ccccn2)[C@H]1c1cc(C)n(-c2ccc(C(=O)OC)cc2)c1C. The highest BCUT2D eigenvalue weighted by atomic mass is 32.1. The molecule has 2 aromatic heterocycles. The Morgan fingerprint density at radius 1 is 1.15 bits per heavy atom. The van der Waals surface area contributed by atoms with Crippen molar-refractivity contribution in [1.82, 2.24) is 19.8 Å². The molecule has 1 N–H and O–H groups in total. The molecule has 1 fully saturated rings. The van der Waals surface area contributed by atoms with E-state index in [0.717, 1.165) is 40.8 Å². The Balaban J connectivity index is 1.75. The number of aromatic nitrogens is 2. The Morgan fingerprint density at radius 3 is 2.56 bits per heavy atom. The van der Waals surface area contributed by atoms with Crippen LogP contribution >= 0.6 is 12.2 Å². The van der Waals surface area contributed by atoms with Gasteiger partial charge in [-0.2, -0.15) is 0 Å². The maximum atomic E-state index is 11.9. The second-order valence-corrected chi connectivity index (χ2v) is 8.75. The molecule has 0 saturated carbocycles. The van der Waals surface area contributed by atoms with Crippen LogP contribution in [0.25, 0.3) is 5.69 Å². The maximum absolute atomic E-state index is 11.9. The molecule has 1 aromatic carbocycles. The van der Waals surface area contributed by atoms with Crippen molar-refractivity contribution < 1.29 is 14.3 Å². The molecule has 0 aliphatic carbocycles. The minimum atomic E-state index is -0.344. The Bertz CT molecular complexity index is 1160. The smallest absolute Gasteiger partial charge is 0.337 e. The van der Waals surface area contributed by atoms with Gasteiger partial charge in [0.05, 0.1) is 30.5 Å². The largest absolute Gasteiger partial charge is 0.465 e. The number of rotatable bonds is 8. The zero-order valence-corrected chi connectivity index (χ0v) is 20.8. The Labute approximate surface area is 205 Å². The van der Waals surface area contributed by atoms with Crippen molar-refractivity contribution in [3.8, 4) is 5.69 Å². The summed E-state index contributed by atoms with van der Waals surface area (Å²) in [5.41, 5.74) is 5.89. The van der Waals surface area contributed by atoms with Gasteiger partial charge in [-0.3, -0.25) is 4.98 Å². The number of aryl methyl sites for hydroxylation is 1. The quantitative estimate of drug-likeness (QED) is 0.294. The molecule has 3 heterocycles. The number of ether oxygens (including phenoxy) is 2. The van der Waals surface area contributed by atoms with Crippen LogP contribution in [0.3, 0.4) is 0 Å². The molecule has 0 amide bonds. The predicted octanol–water partition coefficient (Wildman–Crippen LogP) is 4.28. The van der Waals surface area contributed by atoms with E-state index in [2.05, 4.69) is 39.7 Å². The van der Waals surface area contributed by atoms with Gasteiger partial charge in [0.1, 0.15) is 0 Å². The van der Waals surface area contributed by atoms with Gasteiger partial charge < -0.3 is 24.3 Å². The number of hydrogen-bond acceptors (Lipinski definition) is 5. The molecule has 34 heavy (non-hydrogen) atoms. The van der Waals surface area contributed by atoms with Crippen LogP contribution in [0.5, 0.6) is 0 Å². The zero-order chi connectivity index (χ0) is 24.2. The van der Waals surface area contributed by atoms with Crippen molar-refractivity contribution in [2.75, 3.05) is 27.4 Å². The highest BCUT2D eigenvalue weighted by molar-refractivity contribution is 7.80. The molecule has 4 rings (SSSR count). The Hall–Kier alpha value is -3.23. The normalized spacial score (nSPS) is 17.6. The zero-order valence-electron chi connectivity index (χ0n) is 19.9. The molecule has 7 nitrogen and oxygen atoms in total. The van der Waals surface area contributed by atoms with Crippen molar-refractivity contribution in [2.24, 2.45) is 0 Å². The molecular formula is C26H30N4O3S. The number of nitrogens with one attached hydrogen (secondary N) is 1. The topological polar surface area (TPSA) is 68.6 Å². The molecule has 0 radical (unpaired) electrons. The lowest BCUT2D eigenvalue weighted by molar-refractivity contribution is 0.0600. The van der Waals surface area contributed by atoms with Gasteiger partial charge in [-0.25, -0.2) is 4.79 Å². The maximum Gasteiger partial charge on any atom is 0.337 e. The summed E-state index contributed by atoms with van der Waals surface area (Å²) < 4.78 is 12.3. The third-order valence-electron chi connectivity index (χ3n) is 6.28. The molecule has 2 atom stereocenters. The van der Waals surface area contributed by atoms with E-state index in [1.807, 2.05) is 36.5 Å². The fourth-order valence-corrected chi connectivity index (χ4v) is 5.04. The highest BCUT2D eigenvalue weighted by Gasteiger charge is 2.41. The summed E-state index contributed by atoms with van der Waals surface area (Å²) in [5.74, 6) is -0.344. The molecular weight excluding hydrogens is 448 g/mol. The van der Waals surface area contributed by atoms with Gasteiger partial charge >= 0.3 is 5.97 Å². The summed E-state index contributed by atoms with van der Waals surface area (Å²) >= 11 is 5.77. The predicted molar refractivity (Wildman–Crippen MR) is 135 cm³/mol. The molecule has 0 bridgehead atoms. The van der Waals surface area contributed by atoms with Crippen LogP contribution in [0.2, 0.25) is 0 Å². The highest BCUT2D eigenvalue weighted by Crippen LogP contribution is 2.41. The molecule has 1 aliphatic rings. The second-order valence-electron chi connectivity index (χ2n) is 8.37. The standard InChI is InChI=1S/C26H30N4O3S/c1-17-16-21(18(2)30(17)20-11-9-19(10-12-20)25(31)33-4)24-23(22-8-5-6-13-27-22)28-26(34)29(24)14-7-15-32-3/h5-6,8-13,16,23-24H,7,14-15H2,1-4H3,(H,28,34)/t23-,24+/m0/s1. The van der Waals surface area contributed by atoms with Crippen molar-refractivity contribution in [3.05, 3.63) is 82.9 Å². The number of esters is 1. The number of carbonyl (C=O) groups is 1. The molecule has 1 aliphatic heterocycles. The Kier molecular flexibility index (Phi) is 7.29. The average Bonchev–Trinajstić information content (AvgIpc) is 3.34. The Morgan fingerprint density at radius 2 is 1.91 bits per heavy atom. The summed E-state index contributed by atoms with van der Waals surface area (Å²) in [6.07, 6.45) is 2.69. The van der Waals surface area contributed by atoms with Gasteiger partial charge in [-0.15, -0.1) is 0 Å². The van der Waals surface area contributed by atoms with Crippen LogP contribution in [0, 0.1) is 13.8 Å². The summed E-state index contributed by atoms with van der Waals surface area (Å²) in [4.78, 5) is 18.7. The monoisotopic (exact) mass is 478 g/mol. The number of methoxy groups -OCH3 is 2. The van der Waals surface area contributed by atoms with Crippen LogP contribution in [0.15, 0.2) is 54.7 Å². The minimum absolute atomic E-state index is 0.00597. The summed E-state index contributed by atoms with van der Waals surface area (Å²) in [6, 6.07) is 15.6. The van der Waals surface area contributed by atoms with Crippen LogP contribution in [-0.4, -0.2) is 52.9 Å². The molecule has 1 saturated heterocycles. The van der Waals surface area contributed by atoms with Gasteiger partial charge in [0, 0.05) is 43.5 Å². The van der Waals surface area contributed by atoms with Gasteiger partial charge in [0.25, 0.3) is 0 Å². The third kappa shape index (κ3) is 4.56. The van der Waals surface area contributed by atoms with E-state index in [1.54, 1.807) is 19.2 Å². The number of pyridine rings is 1. The van der Waals surface area contributed by atoms with Crippen LogP contribution in [0.1, 0.15) is 51.5 Å². The van der Waals surface area contributed by atoms with E-state index < -0.39 is 0 Å². The number of hydrogen-bond donors (Lipinski definition) is 1. The second kappa shape index (κ2) is 10.4. The molecule has 0 spiro atoms. The van der Waals surface area contributed by atoms with E-state index in [1.165, 1.54) is 12.7 Å². The van der Waals surface area contributed by atoms with Gasteiger partial charge in [0.2, 0.25) is 0 Å². The van der Waals surface area contributed by atoms with Gasteiger partial charge in [-0.1, -0.05) is 6.07 Å². The number of nitrogens with zero attached hydrogens (tertiary/aromatic N) is 3. The lowest BCUT2D eigenvalue weighted by Crippen LogP contribution is -2.31. The first-order valence-corrected chi connectivity index (χ1v) is 11.7. The first-order valence-electron chi connectivity index (χ1n) is 11.3. The van der Waals surface area contributed by atoms with E-state index in [4.69, 9.17) is 21.7 Å². The van der Waals surface area contributed by atoms with Crippen molar-refractivity contribution in [2.45, 2.75) is 32.4 Å². The number of carbonyl (C=O) groups excluding carboxylic acids is 1. The van der Waals surface area contributed by atoms with Crippen LogP contribution in [0.4, 0.5) is 0 Å². The fourth-order valence-electron chi connectivity index (χ4n) is 4.71. The summed E-state index contributed by atoms with van der Waals surface area (Å²) in [5, 5.41) is 4.24. The van der Waals surface area contributed by atoms with Crippen molar-refractivity contribution >= 4 is 23.3 Å². The minimum Gasteiger partial charge on any atom is -0.465 e. The first-order chi connectivity index (χ1) is 16.5. The fraction of sp³-hybridized carbons (Fsp3) is 0.346. The summed E-state index contributed by atoms with van der Waals surface area (Å²) in [6.45, 7) is 5.67. The van der Waals surface area contributed by atoms with E-state index in [9.17, 15) is 4.79 Å². The molecule has 8 heteroatoms. The van der Waals surface area contributed by atoms with Crippen molar-refractivity contribution in [1.29, 1.82) is 0 Å². The molecule has 178 valence electrons. The summed E-state index contributed by atoms with van der Waals surface area (Å²) in [7, 11) is 3.10. The lowest BCUT2D eigenvalue weighted by Gasteiger charge is -2.28. The van der Waals surface area contributed by atoms with Crippen LogP contribution < -0.4 is 5.32 Å². The van der Waals surface area contributed by atoms with E-state index in [0.29, 0.717) is 12.2 Å². The molecule has 3 aromatic rings.